The Morgan fingerprint density at radius 1 is 1.18 bits per heavy atom. The van der Waals surface area contributed by atoms with Gasteiger partial charge in [0.25, 0.3) is 0 Å². The number of aryl methyl sites for hydroxylation is 1. The third-order valence-corrected chi connectivity index (χ3v) is 3.96. The molecule has 1 amide bonds. The Kier molecular flexibility index (Phi) is 5.36. The molecule has 4 nitrogen and oxygen atoms in total. The Morgan fingerprint density at radius 3 is 2.50 bits per heavy atom. The van der Waals surface area contributed by atoms with Gasteiger partial charge in [0, 0.05) is 23.1 Å². The van der Waals surface area contributed by atoms with Crippen LogP contribution in [0.3, 0.4) is 0 Å². The molecule has 0 fully saturated rings. The maximum absolute atomic E-state index is 12.4. The van der Waals surface area contributed by atoms with E-state index in [0.29, 0.717) is 0 Å². The van der Waals surface area contributed by atoms with E-state index in [2.05, 4.69) is 24.1 Å². The van der Waals surface area contributed by atoms with Gasteiger partial charge in [-0.3, -0.25) is 9.59 Å². The van der Waals surface area contributed by atoms with Crippen molar-refractivity contribution in [3.8, 4) is 0 Å². The number of hydrogen-bond donors (Lipinski definition) is 2. The standard InChI is InChI=1S/C18H24N2O2/c1-4-6-13(7-5-2)18(22)19-14-8-9-15-12(3)10-17(21)20-16(15)11-14/h8-11,13H,4-7H2,1-3H3,(H,19,22)(H,20,21). The van der Waals surface area contributed by atoms with Crippen molar-refractivity contribution >= 4 is 22.5 Å². The van der Waals surface area contributed by atoms with Crippen LogP contribution in [-0.2, 0) is 4.79 Å². The number of pyridine rings is 1. The molecule has 4 heteroatoms. The van der Waals surface area contributed by atoms with E-state index in [-0.39, 0.29) is 17.4 Å². The van der Waals surface area contributed by atoms with Crippen molar-refractivity contribution in [1.82, 2.24) is 4.98 Å². The molecule has 0 aliphatic heterocycles. The molecule has 22 heavy (non-hydrogen) atoms. The average Bonchev–Trinajstić information content (AvgIpc) is 2.46. The molecule has 1 aromatic heterocycles. The highest BCUT2D eigenvalue weighted by Crippen LogP contribution is 2.21. The number of hydrogen-bond acceptors (Lipinski definition) is 2. The first-order valence-corrected chi connectivity index (χ1v) is 7.99. The summed E-state index contributed by atoms with van der Waals surface area (Å²) >= 11 is 0. The van der Waals surface area contributed by atoms with E-state index in [4.69, 9.17) is 0 Å². The zero-order chi connectivity index (χ0) is 16.1. The molecule has 1 aromatic carbocycles. The lowest BCUT2D eigenvalue weighted by Gasteiger charge is -2.15. The van der Waals surface area contributed by atoms with Crippen LogP contribution in [0.25, 0.3) is 10.9 Å². The Morgan fingerprint density at radius 2 is 1.86 bits per heavy atom. The average molecular weight is 300 g/mol. The summed E-state index contributed by atoms with van der Waals surface area (Å²) in [5, 5.41) is 3.98. The lowest BCUT2D eigenvalue weighted by atomic mass is 9.97. The highest BCUT2D eigenvalue weighted by Gasteiger charge is 2.16. The minimum Gasteiger partial charge on any atom is -0.326 e. The molecular weight excluding hydrogens is 276 g/mol. The number of benzene rings is 1. The summed E-state index contributed by atoms with van der Waals surface area (Å²) in [6.45, 7) is 6.10. The largest absolute Gasteiger partial charge is 0.326 e. The predicted octanol–water partition coefficient (Wildman–Crippen LogP) is 3.99. The molecule has 0 aliphatic carbocycles. The number of carbonyl (C=O) groups excluding carboxylic acids is 1. The van der Waals surface area contributed by atoms with Crippen LogP contribution in [0, 0.1) is 12.8 Å². The summed E-state index contributed by atoms with van der Waals surface area (Å²) in [5.74, 6) is 0.125. The van der Waals surface area contributed by atoms with Gasteiger partial charge in [-0.05, 0) is 37.5 Å². The first-order chi connectivity index (χ1) is 10.5. The van der Waals surface area contributed by atoms with Crippen molar-refractivity contribution in [2.75, 3.05) is 5.32 Å². The number of fused-ring (bicyclic) bond motifs is 1. The fourth-order valence-electron chi connectivity index (χ4n) is 2.86. The fourth-order valence-corrected chi connectivity index (χ4v) is 2.86. The van der Waals surface area contributed by atoms with E-state index in [1.807, 2.05) is 25.1 Å². The molecule has 1 heterocycles. The predicted molar refractivity (Wildman–Crippen MR) is 91.2 cm³/mol. The smallest absolute Gasteiger partial charge is 0.248 e. The lowest BCUT2D eigenvalue weighted by Crippen LogP contribution is -2.22. The van der Waals surface area contributed by atoms with Gasteiger partial charge >= 0.3 is 0 Å². The molecule has 0 unspecified atom stereocenters. The summed E-state index contributed by atoms with van der Waals surface area (Å²) in [6.07, 6.45) is 3.82. The second kappa shape index (κ2) is 7.25. The minimum atomic E-state index is -0.122. The first-order valence-electron chi connectivity index (χ1n) is 7.99. The lowest BCUT2D eigenvalue weighted by molar-refractivity contribution is -0.120. The molecule has 0 atom stereocenters. The molecule has 0 bridgehead atoms. The van der Waals surface area contributed by atoms with E-state index >= 15 is 0 Å². The second-order valence-corrected chi connectivity index (χ2v) is 5.84. The van der Waals surface area contributed by atoms with Gasteiger partial charge in [-0.1, -0.05) is 32.8 Å². The summed E-state index contributed by atoms with van der Waals surface area (Å²) in [4.78, 5) is 26.8. The Hall–Kier alpha value is -2.10. The monoisotopic (exact) mass is 300 g/mol. The van der Waals surface area contributed by atoms with E-state index in [0.717, 1.165) is 47.8 Å². The SMILES string of the molecule is CCCC(CCC)C(=O)Nc1ccc2c(C)cc(=O)[nH]c2c1. The summed E-state index contributed by atoms with van der Waals surface area (Å²) < 4.78 is 0. The van der Waals surface area contributed by atoms with E-state index < -0.39 is 0 Å². The van der Waals surface area contributed by atoms with Crippen molar-refractivity contribution < 1.29 is 4.79 Å². The number of rotatable bonds is 6. The van der Waals surface area contributed by atoms with Crippen molar-refractivity contribution in [3.63, 3.8) is 0 Å². The maximum Gasteiger partial charge on any atom is 0.248 e. The van der Waals surface area contributed by atoms with Crippen molar-refractivity contribution in [1.29, 1.82) is 0 Å². The van der Waals surface area contributed by atoms with Crippen LogP contribution in [0.15, 0.2) is 29.1 Å². The summed E-state index contributed by atoms with van der Waals surface area (Å²) in [7, 11) is 0. The number of aromatic nitrogens is 1. The Labute approximate surface area is 130 Å². The topological polar surface area (TPSA) is 62.0 Å². The number of anilines is 1. The van der Waals surface area contributed by atoms with Gasteiger partial charge in [-0.25, -0.2) is 0 Å². The minimum absolute atomic E-state index is 0.0576. The van der Waals surface area contributed by atoms with Gasteiger partial charge in [-0.15, -0.1) is 0 Å². The first kappa shape index (κ1) is 16.3. The van der Waals surface area contributed by atoms with Gasteiger partial charge < -0.3 is 10.3 Å². The third-order valence-electron chi connectivity index (χ3n) is 3.96. The van der Waals surface area contributed by atoms with Crippen LogP contribution >= 0.6 is 0 Å². The number of H-pyrrole nitrogens is 1. The van der Waals surface area contributed by atoms with Crippen LogP contribution in [0.5, 0.6) is 0 Å². The van der Waals surface area contributed by atoms with Crippen LogP contribution in [0.2, 0.25) is 0 Å². The molecule has 2 aromatic rings. The molecule has 0 spiro atoms. The maximum atomic E-state index is 12.4. The highest BCUT2D eigenvalue weighted by molar-refractivity contribution is 5.95. The van der Waals surface area contributed by atoms with Gasteiger partial charge in [0.1, 0.15) is 0 Å². The zero-order valence-electron chi connectivity index (χ0n) is 13.5. The fraction of sp³-hybridized carbons (Fsp3) is 0.444. The number of carbonyl (C=O) groups is 1. The van der Waals surface area contributed by atoms with Gasteiger partial charge in [0.2, 0.25) is 11.5 Å². The Bertz CT molecular complexity index is 713. The van der Waals surface area contributed by atoms with Crippen LogP contribution in [-0.4, -0.2) is 10.9 Å². The van der Waals surface area contributed by atoms with Gasteiger partial charge in [0.15, 0.2) is 0 Å². The van der Waals surface area contributed by atoms with Crippen LogP contribution < -0.4 is 10.9 Å². The molecule has 0 aliphatic rings. The van der Waals surface area contributed by atoms with Crippen LogP contribution in [0.4, 0.5) is 5.69 Å². The van der Waals surface area contributed by atoms with E-state index in [1.165, 1.54) is 0 Å². The number of amides is 1. The molecule has 0 saturated carbocycles. The number of aromatic amines is 1. The van der Waals surface area contributed by atoms with Crippen molar-refractivity contribution in [2.24, 2.45) is 5.92 Å². The van der Waals surface area contributed by atoms with Gasteiger partial charge in [0.05, 0.1) is 5.52 Å². The van der Waals surface area contributed by atoms with Gasteiger partial charge in [-0.2, -0.15) is 0 Å². The van der Waals surface area contributed by atoms with Crippen molar-refractivity contribution in [2.45, 2.75) is 46.5 Å². The zero-order valence-corrected chi connectivity index (χ0v) is 13.5. The molecule has 0 saturated heterocycles. The molecule has 2 N–H and O–H groups in total. The second-order valence-electron chi connectivity index (χ2n) is 5.84. The molecular formula is C18H24N2O2. The van der Waals surface area contributed by atoms with Crippen molar-refractivity contribution in [3.05, 3.63) is 40.2 Å². The number of nitrogens with one attached hydrogen (secondary N) is 2. The summed E-state index contributed by atoms with van der Waals surface area (Å²) in [6, 6.07) is 7.24. The quantitative estimate of drug-likeness (QED) is 0.847. The molecule has 0 radical (unpaired) electrons. The molecule has 2 rings (SSSR count). The van der Waals surface area contributed by atoms with Crippen LogP contribution in [0.1, 0.15) is 45.1 Å². The third kappa shape index (κ3) is 3.75. The van der Waals surface area contributed by atoms with E-state index in [1.54, 1.807) is 6.07 Å². The summed E-state index contributed by atoms with van der Waals surface area (Å²) in [5.41, 5.74) is 2.30. The highest BCUT2D eigenvalue weighted by atomic mass is 16.2. The van der Waals surface area contributed by atoms with E-state index in [9.17, 15) is 9.59 Å². The normalized spacial score (nSPS) is 11.1. The Balaban J connectivity index is 2.24. The molecule has 118 valence electrons.